The summed E-state index contributed by atoms with van der Waals surface area (Å²) in [5, 5.41) is 15.6. The molecule has 1 saturated heterocycles. The van der Waals surface area contributed by atoms with E-state index in [1.165, 1.54) is 11.3 Å². The first-order chi connectivity index (χ1) is 18.3. The smallest absolute Gasteiger partial charge is 0.258 e. The van der Waals surface area contributed by atoms with Gasteiger partial charge >= 0.3 is 0 Å². The predicted molar refractivity (Wildman–Crippen MR) is 144 cm³/mol. The number of alkyl halides is 2. The summed E-state index contributed by atoms with van der Waals surface area (Å²) in [5.41, 5.74) is 1.65. The molecule has 0 unspecified atom stereocenters. The number of aliphatic hydroxyl groups excluding tert-OH is 1. The molecule has 3 N–H and O–H groups in total. The second kappa shape index (κ2) is 10.9. The molecule has 1 aliphatic carbocycles. The van der Waals surface area contributed by atoms with Crippen LogP contribution in [0.3, 0.4) is 0 Å². The standard InChI is InChI=1S/C28H36F2N4O4S/c1-6-18(16-7-9-17(10-8-16)22-15(2)31-14-39-22)32-24(36)21-20(29)19(35)13-34(21)25(37)23(27(3,4)5)33-26(38)28(30)11-12-28/h7-10,14,18-21,23,35H,6,11-13H2,1-5H3,(H,32,36)(H,33,38)/t18-,19-,20-,21-,23+/m0/s1. The summed E-state index contributed by atoms with van der Waals surface area (Å²) < 4.78 is 29.6. The molecule has 39 heavy (non-hydrogen) atoms. The van der Waals surface area contributed by atoms with Gasteiger partial charge in [0, 0.05) is 0 Å². The molecule has 2 aromatic rings. The highest BCUT2D eigenvalue weighted by atomic mass is 32.1. The number of nitrogens with zero attached hydrogens (tertiary/aromatic N) is 2. The predicted octanol–water partition coefficient (Wildman–Crippen LogP) is 3.63. The van der Waals surface area contributed by atoms with Crippen molar-refractivity contribution in [1.82, 2.24) is 20.5 Å². The number of thiazole rings is 1. The van der Waals surface area contributed by atoms with E-state index < -0.39 is 65.8 Å². The zero-order valence-electron chi connectivity index (χ0n) is 22.8. The first-order valence-corrected chi connectivity index (χ1v) is 14.1. The van der Waals surface area contributed by atoms with Crippen LogP contribution in [0.1, 0.15) is 64.3 Å². The summed E-state index contributed by atoms with van der Waals surface area (Å²) >= 11 is 1.53. The Bertz CT molecular complexity index is 1220. The third-order valence-corrected chi connectivity index (χ3v) is 8.45. The van der Waals surface area contributed by atoms with Crippen LogP contribution in [-0.4, -0.2) is 69.3 Å². The molecule has 1 saturated carbocycles. The summed E-state index contributed by atoms with van der Waals surface area (Å²) in [6.07, 6.45) is -2.93. The third kappa shape index (κ3) is 5.99. The Labute approximate surface area is 231 Å². The number of hydrogen-bond donors (Lipinski definition) is 3. The van der Waals surface area contributed by atoms with Gasteiger partial charge in [0.25, 0.3) is 5.91 Å². The van der Waals surface area contributed by atoms with Crippen molar-refractivity contribution in [3.05, 3.63) is 41.0 Å². The maximum Gasteiger partial charge on any atom is 0.258 e. The lowest BCUT2D eigenvalue weighted by molar-refractivity contribution is -0.145. The molecular formula is C28H36F2N4O4S. The van der Waals surface area contributed by atoms with Crippen molar-refractivity contribution >= 4 is 29.1 Å². The van der Waals surface area contributed by atoms with Gasteiger partial charge in [-0.2, -0.15) is 0 Å². The van der Waals surface area contributed by atoms with E-state index in [1.54, 1.807) is 26.3 Å². The number of halogens is 2. The van der Waals surface area contributed by atoms with Gasteiger partial charge in [-0.1, -0.05) is 52.0 Å². The summed E-state index contributed by atoms with van der Waals surface area (Å²) in [6, 6.07) is 4.38. The minimum absolute atomic E-state index is 0.0765. The number of benzene rings is 1. The molecule has 2 heterocycles. The topological polar surface area (TPSA) is 112 Å². The number of aryl methyl sites for hydroxylation is 1. The second-order valence-electron chi connectivity index (χ2n) is 11.5. The van der Waals surface area contributed by atoms with Gasteiger partial charge in [0.1, 0.15) is 18.2 Å². The van der Waals surface area contributed by atoms with Gasteiger partial charge in [0.05, 0.1) is 28.7 Å². The molecule has 8 nitrogen and oxygen atoms in total. The molecule has 0 spiro atoms. The Morgan fingerprint density at radius 1 is 1.21 bits per heavy atom. The van der Waals surface area contributed by atoms with Gasteiger partial charge in [-0.3, -0.25) is 14.4 Å². The molecule has 0 radical (unpaired) electrons. The highest BCUT2D eigenvalue weighted by Gasteiger charge is 2.54. The lowest BCUT2D eigenvalue weighted by Crippen LogP contribution is -2.59. The zero-order valence-corrected chi connectivity index (χ0v) is 23.6. The number of hydrogen-bond acceptors (Lipinski definition) is 6. The van der Waals surface area contributed by atoms with E-state index in [4.69, 9.17) is 0 Å². The lowest BCUT2D eigenvalue weighted by Gasteiger charge is -2.36. The average molecular weight is 563 g/mol. The number of aromatic nitrogens is 1. The largest absolute Gasteiger partial charge is 0.388 e. The van der Waals surface area contributed by atoms with Crippen LogP contribution in [0, 0.1) is 12.3 Å². The van der Waals surface area contributed by atoms with Crippen molar-refractivity contribution in [3.63, 3.8) is 0 Å². The van der Waals surface area contributed by atoms with Crippen LogP contribution in [-0.2, 0) is 14.4 Å². The number of amides is 3. The van der Waals surface area contributed by atoms with E-state index in [-0.39, 0.29) is 12.8 Å². The lowest BCUT2D eigenvalue weighted by atomic mass is 9.85. The molecule has 1 aromatic carbocycles. The van der Waals surface area contributed by atoms with Gasteiger partial charge in [-0.05, 0) is 42.7 Å². The van der Waals surface area contributed by atoms with Gasteiger partial charge in [-0.15, -0.1) is 11.3 Å². The minimum Gasteiger partial charge on any atom is -0.388 e. The first-order valence-electron chi connectivity index (χ1n) is 13.2. The summed E-state index contributed by atoms with van der Waals surface area (Å²) in [7, 11) is 0. The summed E-state index contributed by atoms with van der Waals surface area (Å²) in [6.45, 7) is 8.46. The SMILES string of the molecule is CC[C@H](NC(=O)[C@@H]1[C@@H](F)[C@@H](O)CN1C(=O)[C@@H](NC(=O)C1(F)CC1)C(C)(C)C)c1ccc(-c2scnc2C)cc1. The summed E-state index contributed by atoms with van der Waals surface area (Å²) in [5.74, 6) is -2.38. The van der Waals surface area contributed by atoms with E-state index in [0.29, 0.717) is 6.42 Å². The fourth-order valence-electron chi connectivity index (χ4n) is 4.85. The van der Waals surface area contributed by atoms with Crippen LogP contribution in [0.15, 0.2) is 29.8 Å². The van der Waals surface area contributed by atoms with E-state index in [2.05, 4.69) is 15.6 Å². The van der Waals surface area contributed by atoms with E-state index in [1.807, 2.05) is 38.1 Å². The Morgan fingerprint density at radius 3 is 2.36 bits per heavy atom. The van der Waals surface area contributed by atoms with Crippen LogP contribution in [0.5, 0.6) is 0 Å². The van der Waals surface area contributed by atoms with Gasteiger partial charge in [0.15, 0.2) is 11.8 Å². The molecule has 11 heteroatoms. The van der Waals surface area contributed by atoms with Crippen LogP contribution in [0.2, 0.25) is 0 Å². The summed E-state index contributed by atoms with van der Waals surface area (Å²) in [4.78, 5) is 45.8. The molecule has 2 aliphatic rings. The number of aliphatic hydroxyl groups is 1. The number of carbonyl (C=O) groups excluding carboxylic acids is 3. The Balaban J connectivity index is 1.52. The molecule has 3 amide bonds. The molecule has 0 bridgehead atoms. The van der Waals surface area contributed by atoms with Crippen molar-refractivity contribution in [1.29, 1.82) is 0 Å². The number of carbonyl (C=O) groups is 3. The molecule has 5 atom stereocenters. The average Bonchev–Trinajstić information content (AvgIpc) is 3.38. The first kappa shape index (κ1) is 29.1. The fraction of sp³-hybridized carbons (Fsp3) is 0.571. The highest BCUT2D eigenvalue weighted by Crippen LogP contribution is 2.40. The Morgan fingerprint density at radius 2 is 1.85 bits per heavy atom. The normalized spacial score (nSPS) is 23.7. The Kier molecular flexibility index (Phi) is 8.14. The number of nitrogens with one attached hydrogen (secondary N) is 2. The molecular weight excluding hydrogens is 526 g/mol. The quantitative estimate of drug-likeness (QED) is 0.455. The molecule has 2 fully saturated rings. The third-order valence-electron chi connectivity index (χ3n) is 7.47. The molecule has 4 rings (SSSR count). The molecule has 212 valence electrons. The van der Waals surface area contributed by atoms with Crippen molar-refractivity contribution in [2.45, 2.75) is 90.0 Å². The van der Waals surface area contributed by atoms with E-state index in [0.717, 1.165) is 26.6 Å². The zero-order chi connectivity index (χ0) is 28.7. The number of likely N-dealkylation sites (tertiary alicyclic amines) is 1. The molecule has 1 aromatic heterocycles. The van der Waals surface area contributed by atoms with Crippen LogP contribution < -0.4 is 10.6 Å². The van der Waals surface area contributed by atoms with Crippen LogP contribution in [0.25, 0.3) is 10.4 Å². The fourth-order valence-corrected chi connectivity index (χ4v) is 5.66. The second-order valence-corrected chi connectivity index (χ2v) is 12.4. The van der Waals surface area contributed by atoms with Crippen molar-refractivity contribution < 1.29 is 28.3 Å². The van der Waals surface area contributed by atoms with Gasteiger partial charge in [-0.25, -0.2) is 13.8 Å². The maximum atomic E-state index is 15.2. The van der Waals surface area contributed by atoms with Crippen molar-refractivity contribution in [2.75, 3.05) is 6.54 Å². The minimum atomic E-state index is -2.02. The number of rotatable bonds is 8. The van der Waals surface area contributed by atoms with Crippen LogP contribution >= 0.6 is 11.3 Å². The van der Waals surface area contributed by atoms with Gasteiger partial charge < -0.3 is 20.6 Å². The highest BCUT2D eigenvalue weighted by molar-refractivity contribution is 7.13. The van der Waals surface area contributed by atoms with E-state index in [9.17, 15) is 23.9 Å². The Hall–Kier alpha value is -2.92. The van der Waals surface area contributed by atoms with Gasteiger partial charge in [0.2, 0.25) is 11.8 Å². The van der Waals surface area contributed by atoms with E-state index >= 15 is 4.39 Å². The van der Waals surface area contributed by atoms with Crippen LogP contribution in [0.4, 0.5) is 8.78 Å². The van der Waals surface area contributed by atoms with Crippen molar-refractivity contribution in [2.24, 2.45) is 5.41 Å². The van der Waals surface area contributed by atoms with Crippen molar-refractivity contribution in [3.8, 4) is 10.4 Å². The maximum absolute atomic E-state index is 15.2. The molecule has 1 aliphatic heterocycles. The number of β-amino-alcohol motifs (C(OH)–C–C–N with tert-alkyl or cyclic N) is 1. The monoisotopic (exact) mass is 562 g/mol.